The number of nitrogens with zero attached hydrogens (tertiary/aromatic N) is 1. The Morgan fingerprint density at radius 1 is 1.10 bits per heavy atom. The molecule has 1 aromatic carbocycles. The maximum atomic E-state index is 11.8. The van der Waals surface area contributed by atoms with E-state index < -0.39 is 5.60 Å². The quantitative estimate of drug-likeness (QED) is 0.491. The highest BCUT2D eigenvalue weighted by molar-refractivity contribution is 5.87. The molecule has 0 aliphatic heterocycles. The topological polar surface area (TPSA) is 55.0 Å². The van der Waals surface area contributed by atoms with E-state index in [1.54, 1.807) is 6.08 Å². The lowest BCUT2D eigenvalue weighted by molar-refractivity contribution is -0.148. The van der Waals surface area contributed by atoms with Crippen molar-refractivity contribution >= 4 is 12.0 Å². The normalized spacial score (nSPS) is 29.6. The Bertz CT molecular complexity index is 942. The Kier molecular flexibility index (Phi) is 5.07. The van der Waals surface area contributed by atoms with Crippen LogP contribution >= 0.6 is 0 Å². The molecule has 4 aliphatic carbocycles. The van der Waals surface area contributed by atoms with E-state index in [4.69, 9.17) is 9.72 Å². The second kappa shape index (κ2) is 7.65. The number of rotatable bonds is 5. The Morgan fingerprint density at radius 2 is 1.71 bits per heavy atom. The van der Waals surface area contributed by atoms with Gasteiger partial charge in [-0.05, 0) is 94.3 Å². The second-order valence-corrected chi connectivity index (χ2v) is 11.2. The lowest BCUT2D eigenvalue weighted by atomic mass is 9.49. The number of benzene rings is 1. The van der Waals surface area contributed by atoms with Crippen LogP contribution in [0.25, 0.3) is 6.08 Å². The number of imidazole rings is 1. The average molecular weight is 419 g/mol. The van der Waals surface area contributed by atoms with Gasteiger partial charge < -0.3 is 9.72 Å². The largest absolute Gasteiger partial charge is 0.457 e. The molecule has 31 heavy (non-hydrogen) atoms. The third kappa shape index (κ3) is 4.49. The van der Waals surface area contributed by atoms with E-state index in [1.165, 1.54) is 55.9 Å². The van der Waals surface area contributed by atoms with Gasteiger partial charge in [-0.1, -0.05) is 24.3 Å². The minimum Gasteiger partial charge on any atom is -0.457 e. The van der Waals surface area contributed by atoms with Crippen molar-refractivity contribution < 1.29 is 9.53 Å². The predicted octanol–water partition coefficient (Wildman–Crippen LogP) is 5.82. The molecule has 0 unspecified atom stereocenters. The summed E-state index contributed by atoms with van der Waals surface area (Å²) >= 11 is 0. The Morgan fingerprint density at radius 3 is 2.29 bits per heavy atom. The van der Waals surface area contributed by atoms with Gasteiger partial charge in [0, 0.05) is 29.8 Å². The van der Waals surface area contributed by atoms with Gasteiger partial charge in [0.15, 0.2) is 0 Å². The highest BCUT2D eigenvalue weighted by Gasteiger charge is 2.52. The predicted molar refractivity (Wildman–Crippen MR) is 123 cm³/mol. The van der Waals surface area contributed by atoms with Crippen molar-refractivity contribution in [2.45, 2.75) is 76.7 Å². The fourth-order valence-corrected chi connectivity index (χ4v) is 6.60. The summed E-state index contributed by atoms with van der Waals surface area (Å²) in [5, 5.41) is 0. The molecular formula is C27H34N2O2. The minimum atomic E-state index is -0.469. The van der Waals surface area contributed by atoms with Crippen LogP contribution in [-0.2, 0) is 21.4 Å². The molecule has 0 saturated heterocycles. The smallest absolute Gasteiger partial charge is 0.331 e. The van der Waals surface area contributed by atoms with Gasteiger partial charge in [-0.2, -0.15) is 0 Å². The van der Waals surface area contributed by atoms with Gasteiger partial charge in [0.25, 0.3) is 0 Å². The first-order valence-electron chi connectivity index (χ1n) is 11.8. The molecule has 4 bridgehead atoms. The lowest BCUT2D eigenvalue weighted by Gasteiger charge is -2.56. The van der Waals surface area contributed by atoms with E-state index in [0.717, 1.165) is 35.6 Å². The van der Waals surface area contributed by atoms with Crippen LogP contribution in [0.5, 0.6) is 0 Å². The molecule has 6 rings (SSSR count). The SMILES string of the molecule is CC(C)(C)OC(=O)C=Cc1ccc(Cc2ncc(C34CC5CC(CC(C5)C3)C4)[nH]2)cc1. The molecule has 1 N–H and O–H groups in total. The first-order valence-corrected chi connectivity index (χ1v) is 11.8. The number of hydrogen-bond donors (Lipinski definition) is 1. The fourth-order valence-electron chi connectivity index (χ4n) is 6.60. The molecule has 0 amide bonds. The molecule has 4 fully saturated rings. The van der Waals surface area contributed by atoms with Crippen molar-refractivity contribution in [1.82, 2.24) is 9.97 Å². The van der Waals surface area contributed by atoms with Crippen molar-refractivity contribution in [3.8, 4) is 0 Å². The second-order valence-electron chi connectivity index (χ2n) is 11.2. The number of carbonyl (C=O) groups is 1. The fraction of sp³-hybridized carbons (Fsp3) is 0.556. The summed E-state index contributed by atoms with van der Waals surface area (Å²) in [5.41, 5.74) is 3.50. The van der Waals surface area contributed by atoms with E-state index in [2.05, 4.69) is 23.3 Å². The monoisotopic (exact) mass is 418 g/mol. The molecule has 1 heterocycles. The maximum absolute atomic E-state index is 11.8. The average Bonchev–Trinajstić information content (AvgIpc) is 3.15. The summed E-state index contributed by atoms with van der Waals surface area (Å²) in [6, 6.07) is 8.31. The van der Waals surface area contributed by atoms with E-state index in [1.807, 2.05) is 32.9 Å². The van der Waals surface area contributed by atoms with Gasteiger partial charge in [-0.25, -0.2) is 9.78 Å². The van der Waals surface area contributed by atoms with Crippen LogP contribution in [0.1, 0.15) is 81.9 Å². The highest BCUT2D eigenvalue weighted by atomic mass is 16.6. The van der Waals surface area contributed by atoms with E-state index in [-0.39, 0.29) is 5.97 Å². The van der Waals surface area contributed by atoms with Gasteiger partial charge in [-0.3, -0.25) is 0 Å². The van der Waals surface area contributed by atoms with Crippen molar-refractivity contribution in [1.29, 1.82) is 0 Å². The highest BCUT2D eigenvalue weighted by Crippen LogP contribution is 2.60. The number of hydrogen-bond acceptors (Lipinski definition) is 3. The van der Waals surface area contributed by atoms with Crippen molar-refractivity contribution in [2.75, 3.05) is 0 Å². The molecule has 4 nitrogen and oxygen atoms in total. The molecule has 0 radical (unpaired) electrons. The van der Waals surface area contributed by atoms with Crippen LogP contribution in [0.15, 0.2) is 36.5 Å². The summed E-state index contributed by atoms with van der Waals surface area (Å²) in [4.78, 5) is 20.3. The van der Waals surface area contributed by atoms with E-state index in [0.29, 0.717) is 5.41 Å². The van der Waals surface area contributed by atoms with Gasteiger partial charge in [0.05, 0.1) is 0 Å². The van der Waals surface area contributed by atoms with Crippen LogP contribution in [0.4, 0.5) is 0 Å². The Balaban J connectivity index is 1.23. The van der Waals surface area contributed by atoms with Crippen LogP contribution in [0.3, 0.4) is 0 Å². The molecule has 0 atom stereocenters. The number of carbonyl (C=O) groups excluding carboxylic acids is 1. The summed E-state index contributed by atoms with van der Waals surface area (Å²) in [5.74, 6) is 3.57. The zero-order valence-corrected chi connectivity index (χ0v) is 19.0. The standard InChI is InChI=1S/C27H34N2O2/c1-26(2,3)31-25(30)9-8-18-4-6-19(7-5-18)13-24-28-17-23(29-24)27-14-20-10-21(15-27)12-22(11-20)16-27/h4-9,17,20-22H,10-16H2,1-3H3,(H,28,29). The van der Waals surface area contributed by atoms with Crippen LogP contribution in [0.2, 0.25) is 0 Å². The Hall–Kier alpha value is -2.36. The molecule has 4 aliphatic rings. The van der Waals surface area contributed by atoms with Crippen LogP contribution < -0.4 is 0 Å². The van der Waals surface area contributed by atoms with Gasteiger partial charge in [0.2, 0.25) is 0 Å². The summed E-state index contributed by atoms with van der Waals surface area (Å²) < 4.78 is 5.31. The lowest BCUT2D eigenvalue weighted by Crippen LogP contribution is -2.48. The zero-order valence-electron chi connectivity index (χ0n) is 19.0. The number of H-pyrrole nitrogens is 1. The van der Waals surface area contributed by atoms with Crippen LogP contribution in [-0.4, -0.2) is 21.5 Å². The zero-order chi connectivity index (χ0) is 21.6. The van der Waals surface area contributed by atoms with Crippen molar-refractivity contribution in [2.24, 2.45) is 17.8 Å². The molecular weight excluding hydrogens is 384 g/mol. The molecule has 2 aromatic rings. The molecule has 4 heteroatoms. The molecule has 1 aromatic heterocycles. The summed E-state index contributed by atoms with van der Waals surface area (Å²) in [7, 11) is 0. The number of ether oxygens (including phenoxy) is 1. The summed E-state index contributed by atoms with van der Waals surface area (Å²) in [6.45, 7) is 5.62. The molecule has 4 saturated carbocycles. The first kappa shape index (κ1) is 20.5. The number of aromatic amines is 1. The third-order valence-electron chi connectivity index (χ3n) is 7.41. The van der Waals surface area contributed by atoms with Gasteiger partial charge in [-0.15, -0.1) is 0 Å². The van der Waals surface area contributed by atoms with E-state index in [9.17, 15) is 4.79 Å². The van der Waals surface area contributed by atoms with Gasteiger partial charge in [0.1, 0.15) is 11.4 Å². The van der Waals surface area contributed by atoms with Gasteiger partial charge >= 0.3 is 5.97 Å². The van der Waals surface area contributed by atoms with Crippen LogP contribution in [0, 0.1) is 17.8 Å². The van der Waals surface area contributed by atoms with Crippen molar-refractivity contribution in [3.63, 3.8) is 0 Å². The number of aromatic nitrogens is 2. The van der Waals surface area contributed by atoms with E-state index >= 15 is 0 Å². The maximum Gasteiger partial charge on any atom is 0.331 e. The molecule has 0 spiro atoms. The minimum absolute atomic E-state index is 0.315. The third-order valence-corrected chi connectivity index (χ3v) is 7.41. The number of nitrogens with one attached hydrogen (secondary N) is 1. The number of esters is 1. The first-order chi connectivity index (χ1) is 14.8. The Labute approximate surface area is 185 Å². The molecule has 164 valence electrons. The van der Waals surface area contributed by atoms with Crippen molar-refractivity contribution in [3.05, 3.63) is 59.2 Å². The summed E-state index contributed by atoms with van der Waals surface area (Å²) in [6.07, 6.45) is 14.7.